The van der Waals surface area contributed by atoms with E-state index in [2.05, 4.69) is 31.7 Å². The molecule has 6 nitrogen and oxygen atoms in total. The maximum Gasteiger partial charge on any atom is 0.176 e. The molecule has 3 aromatic rings. The highest BCUT2D eigenvalue weighted by Crippen LogP contribution is 2.29. The SMILES string of the molecule is COc1ccc(NC(=S)Nc2nn(Cc3c(F)cccc3Cl)cc2Br)c(OC)c1. The second kappa shape index (κ2) is 9.43. The smallest absolute Gasteiger partial charge is 0.176 e. The van der Waals surface area contributed by atoms with E-state index in [1.165, 1.54) is 6.07 Å². The Morgan fingerprint density at radius 1 is 1.24 bits per heavy atom. The maximum absolute atomic E-state index is 14.0. The molecule has 0 amide bonds. The van der Waals surface area contributed by atoms with Crippen molar-refractivity contribution in [2.75, 3.05) is 24.9 Å². The van der Waals surface area contributed by atoms with E-state index >= 15 is 0 Å². The number of rotatable bonds is 6. The van der Waals surface area contributed by atoms with Crippen molar-refractivity contribution in [1.82, 2.24) is 9.78 Å². The van der Waals surface area contributed by atoms with Gasteiger partial charge in [0.05, 0.1) is 30.9 Å². The van der Waals surface area contributed by atoms with Gasteiger partial charge >= 0.3 is 0 Å². The van der Waals surface area contributed by atoms with Crippen LogP contribution in [0.1, 0.15) is 5.56 Å². The van der Waals surface area contributed by atoms with Crippen molar-refractivity contribution in [2.24, 2.45) is 0 Å². The number of hydrogen-bond acceptors (Lipinski definition) is 4. The average molecular weight is 500 g/mol. The number of anilines is 2. The molecule has 152 valence electrons. The van der Waals surface area contributed by atoms with Crippen LogP contribution >= 0.6 is 39.7 Å². The Balaban J connectivity index is 1.72. The van der Waals surface area contributed by atoms with Crippen LogP contribution in [0, 0.1) is 5.82 Å². The Morgan fingerprint density at radius 2 is 2.03 bits per heavy atom. The molecule has 0 atom stereocenters. The van der Waals surface area contributed by atoms with Crippen molar-refractivity contribution in [3.05, 3.63) is 63.5 Å². The highest BCUT2D eigenvalue weighted by Gasteiger charge is 2.13. The lowest BCUT2D eigenvalue weighted by atomic mass is 10.2. The molecule has 0 saturated heterocycles. The van der Waals surface area contributed by atoms with Crippen LogP contribution in [-0.2, 0) is 6.54 Å². The lowest BCUT2D eigenvalue weighted by Gasteiger charge is -2.13. The molecule has 0 saturated carbocycles. The van der Waals surface area contributed by atoms with Gasteiger partial charge in [-0.2, -0.15) is 5.10 Å². The molecule has 1 aromatic heterocycles. The molecule has 2 aromatic carbocycles. The molecule has 0 fully saturated rings. The van der Waals surface area contributed by atoms with E-state index in [0.717, 1.165) is 0 Å². The molecule has 0 aliphatic rings. The Hall–Kier alpha value is -2.36. The minimum absolute atomic E-state index is 0.179. The van der Waals surface area contributed by atoms with Crippen molar-refractivity contribution >= 4 is 56.4 Å². The van der Waals surface area contributed by atoms with Gasteiger partial charge in [-0.05, 0) is 52.4 Å². The van der Waals surface area contributed by atoms with Crippen LogP contribution in [0.3, 0.4) is 0 Å². The van der Waals surface area contributed by atoms with Crippen molar-refractivity contribution in [1.29, 1.82) is 0 Å². The second-order valence-electron chi connectivity index (χ2n) is 5.87. The van der Waals surface area contributed by atoms with Gasteiger partial charge in [0.25, 0.3) is 0 Å². The van der Waals surface area contributed by atoms with E-state index in [1.807, 2.05) is 0 Å². The number of ether oxygens (including phenoxy) is 2. The molecule has 3 rings (SSSR count). The third-order valence-corrected chi connectivity index (χ3v) is 5.13. The molecule has 10 heteroatoms. The summed E-state index contributed by atoms with van der Waals surface area (Å²) in [6.07, 6.45) is 1.71. The first-order chi connectivity index (χ1) is 13.9. The van der Waals surface area contributed by atoms with Gasteiger partial charge in [0.2, 0.25) is 0 Å². The summed E-state index contributed by atoms with van der Waals surface area (Å²) in [6, 6.07) is 9.88. The molecular formula is C19H17BrClFN4O2S. The molecule has 0 radical (unpaired) electrons. The third kappa shape index (κ3) is 5.17. The second-order valence-corrected chi connectivity index (χ2v) is 7.54. The summed E-state index contributed by atoms with van der Waals surface area (Å²) in [7, 11) is 3.14. The minimum atomic E-state index is -0.387. The molecule has 2 N–H and O–H groups in total. The minimum Gasteiger partial charge on any atom is -0.497 e. The number of methoxy groups -OCH3 is 2. The molecule has 29 heavy (non-hydrogen) atoms. The zero-order valence-electron chi connectivity index (χ0n) is 15.5. The topological polar surface area (TPSA) is 60.3 Å². The van der Waals surface area contributed by atoms with E-state index in [9.17, 15) is 4.39 Å². The van der Waals surface area contributed by atoms with Gasteiger partial charge in [-0.25, -0.2) is 4.39 Å². The fourth-order valence-corrected chi connectivity index (χ4v) is 3.42. The summed E-state index contributed by atoms with van der Waals surface area (Å²) >= 11 is 14.9. The molecule has 0 bridgehead atoms. The normalized spacial score (nSPS) is 10.5. The zero-order valence-corrected chi connectivity index (χ0v) is 18.7. The Morgan fingerprint density at radius 3 is 2.72 bits per heavy atom. The first kappa shape index (κ1) is 21.4. The van der Waals surface area contributed by atoms with E-state index in [4.69, 9.17) is 33.3 Å². The van der Waals surface area contributed by atoms with Crippen LogP contribution in [-0.4, -0.2) is 29.1 Å². The number of nitrogens with zero attached hydrogens (tertiary/aromatic N) is 2. The lowest BCUT2D eigenvalue weighted by molar-refractivity contribution is 0.395. The summed E-state index contributed by atoms with van der Waals surface area (Å²) in [4.78, 5) is 0. The average Bonchev–Trinajstić information content (AvgIpc) is 3.04. The van der Waals surface area contributed by atoms with E-state index in [1.54, 1.807) is 55.4 Å². The summed E-state index contributed by atoms with van der Waals surface area (Å²) in [6.45, 7) is 0.179. The van der Waals surface area contributed by atoms with Crippen LogP contribution in [0.15, 0.2) is 47.1 Å². The number of aromatic nitrogens is 2. The van der Waals surface area contributed by atoms with Crippen molar-refractivity contribution < 1.29 is 13.9 Å². The summed E-state index contributed by atoms with van der Waals surface area (Å²) in [5.74, 6) is 1.33. The van der Waals surface area contributed by atoms with Gasteiger partial charge in [0.15, 0.2) is 10.9 Å². The molecular weight excluding hydrogens is 483 g/mol. The van der Waals surface area contributed by atoms with Gasteiger partial charge in [-0.1, -0.05) is 17.7 Å². The van der Waals surface area contributed by atoms with Crippen molar-refractivity contribution in [2.45, 2.75) is 6.54 Å². The largest absolute Gasteiger partial charge is 0.497 e. The quantitative estimate of drug-likeness (QED) is 0.448. The number of hydrogen-bond donors (Lipinski definition) is 2. The highest BCUT2D eigenvalue weighted by molar-refractivity contribution is 9.10. The lowest BCUT2D eigenvalue weighted by Crippen LogP contribution is -2.20. The fraction of sp³-hybridized carbons (Fsp3) is 0.158. The van der Waals surface area contributed by atoms with Crippen LogP contribution in [0.2, 0.25) is 5.02 Å². The number of halogens is 3. The van der Waals surface area contributed by atoms with Gasteiger partial charge in [0, 0.05) is 22.8 Å². The Bertz CT molecular complexity index is 1030. The van der Waals surface area contributed by atoms with Crippen molar-refractivity contribution in [3.8, 4) is 11.5 Å². The fourth-order valence-electron chi connectivity index (χ4n) is 2.57. The van der Waals surface area contributed by atoms with Crippen molar-refractivity contribution in [3.63, 3.8) is 0 Å². The van der Waals surface area contributed by atoms with E-state index in [0.29, 0.717) is 43.2 Å². The van der Waals surface area contributed by atoms with Crippen LogP contribution in [0.5, 0.6) is 11.5 Å². The molecule has 1 heterocycles. The van der Waals surface area contributed by atoms with Crippen LogP contribution in [0.4, 0.5) is 15.9 Å². The molecule has 0 aliphatic carbocycles. The van der Waals surface area contributed by atoms with Crippen LogP contribution < -0.4 is 20.1 Å². The highest BCUT2D eigenvalue weighted by atomic mass is 79.9. The van der Waals surface area contributed by atoms with E-state index < -0.39 is 0 Å². The third-order valence-electron chi connectivity index (χ3n) is 3.99. The van der Waals surface area contributed by atoms with Gasteiger partial charge in [0.1, 0.15) is 17.3 Å². The first-order valence-electron chi connectivity index (χ1n) is 8.37. The number of benzene rings is 2. The van der Waals surface area contributed by atoms with E-state index in [-0.39, 0.29) is 12.4 Å². The first-order valence-corrected chi connectivity index (χ1v) is 9.95. The number of thiocarbonyl (C=S) groups is 1. The standard InChI is InChI=1S/C19H17BrClFN4O2S/c1-27-11-6-7-16(17(8-11)28-2)23-19(29)24-18-13(20)10-26(25-18)9-12-14(21)4-3-5-15(12)22/h3-8,10H,9H2,1-2H3,(H2,23,24,25,29). The predicted molar refractivity (Wildman–Crippen MR) is 120 cm³/mol. The summed E-state index contributed by atoms with van der Waals surface area (Å²) in [5, 5.41) is 11.1. The Kier molecular flexibility index (Phi) is 6.94. The summed E-state index contributed by atoms with van der Waals surface area (Å²) in [5.41, 5.74) is 1.03. The van der Waals surface area contributed by atoms with Gasteiger partial charge in [-0.15, -0.1) is 0 Å². The molecule has 0 spiro atoms. The number of nitrogens with one attached hydrogen (secondary N) is 2. The maximum atomic E-state index is 14.0. The molecule has 0 aliphatic heterocycles. The Labute approximate surface area is 186 Å². The summed E-state index contributed by atoms with van der Waals surface area (Å²) < 4.78 is 26.8. The van der Waals surface area contributed by atoms with Crippen LogP contribution in [0.25, 0.3) is 0 Å². The van der Waals surface area contributed by atoms with Gasteiger partial charge in [-0.3, -0.25) is 4.68 Å². The molecule has 0 unspecified atom stereocenters. The van der Waals surface area contributed by atoms with Gasteiger partial charge < -0.3 is 20.1 Å². The monoisotopic (exact) mass is 498 g/mol. The predicted octanol–water partition coefficient (Wildman–Crippen LogP) is 5.31. The zero-order chi connectivity index (χ0) is 21.0.